The van der Waals surface area contributed by atoms with Crippen LogP contribution in [0.2, 0.25) is 0 Å². The van der Waals surface area contributed by atoms with Gasteiger partial charge < -0.3 is 15.8 Å². The highest BCUT2D eigenvalue weighted by Gasteiger charge is 2.22. The van der Waals surface area contributed by atoms with Gasteiger partial charge in [-0.05, 0) is 54.7 Å². The van der Waals surface area contributed by atoms with Crippen LogP contribution in [0.5, 0.6) is 5.75 Å². The number of anilines is 2. The molecule has 0 aromatic heterocycles. The third kappa shape index (κ3) is 3.13. The number of rotatable bonds is 5. The number of fused-ring (bicyclic) bond motifs is 1. The summed E-state index contributed by atoms with van der Waals surface area (Å²) < 4.78 is 5.69. The van der Waals surface area contributed by atoms with E-state index in [-0.39, 0.29) is 0 Å². The summed E-state index contributed by atoms with van der Waals surface area (Å²) in [5.41, 5.74) is 10.6. The van der Waals surface area contributed by atoms with Crippen molar-refractivity contribution in [1.82, 2.24) is 0 Å². The number of hydrogen-bond donors (Lipinski definition) is 2. The molecule has 1 atom stereocenters. The molecule has 3 nitrogen and oxygen atoms in total. The molecule has 0 aliphatic heterocycles. The molecule has 0 bridgehead atoms. The minimum absolute atomic E-state index is 0.363. The summed E-state index contributed by atoms with van der Waals surface area (Å²) in [6, 6.07) is 14.8. The quantitative estimate of drug-likeness (QED) is 0.810. The molecule has 1 unspecified atom stereocenters. The van der Waals surface area contributed by atoms with Gasteiger partial charge in [-0.15, -0.1) is 0 Å². The van der Waals surface area contributed by atoms with Crippen LogP contribution in [-0.4, -0.2) is 6.61 Å². The Morgan fingerprint density at radius 3 is 3.00 bits per heavy atom. The first-order valence-electron chi connectivity index (χ1n) is 7.64. The van der Waals surface area contributed by atoms with Crippen molar-refractivity contribution < 1.29 is 4.74 Å². The van der Waals surface area contributed by atoms with Crippen LogP contribution in [0.15, 0.2) is 42.5 Å². The molecule has 0 amide bonds. The van der Waals surface area contributed by atoms with Crippen molar-refractivity contribution in [2.45, 2.75) is 32.2 Å². The molecule has 1 aliphatic rings. The van der Waals surface area contributed by atoms with E-state index in [1.54, 1.807) is 0 Å². The lowest BCUT2D eigenvalue weighted by Gasteiger charge is -2.16. The predicted molar refractivity (Wildman–Crippen MR) is 87.8 cm³/mol. The number of nitrogens with two attached hydrogens (primary N) is 1. The summed E-state index contributed by atoms with van der Waals surface area (Å²) >= 11 is 0. The maximum absolute atomic E-state index is 5.86. The van der Waals surface area contributed by atoms with E-state index in [1.807, 2.05) is 18.2 Å². The van der Waals surface area contributed by atoms with Crippen molar-refractivity contribution in [2.24, 2.45) is 0 Å². The minimum atomic E-state index is 0.363. The molecule has 110 valence electrons. The van der Waals surface area contributed by atoms with E-state index < -0.39 is 0 Å². The molecular formula is C18H22N2O. The van der Waals surface area contributed by atoms with Crippen LogP contribution < -0.4 is 15.8 Å². The van der Waals surface area contributed by atoms with E-state index in [0.29, 0.717) is 6.04 Å². The molecule has 0 fully saturated rings. The van der Waals surface area contributed by atoms with Crippen LogP contribution in [0.25, 0.3) is 0 Å². The van der Waals surface area contributed by atoms with E-state index in [9.17, 15) is 0 Å². The molecule has 2 aromatic carbocycles. The molecule has 2 aromatic rings. The fourth-order valence-electron chi connectivity index (χ4n) is 2.88. The third-order valence-electron chi connectivity index (χ3n) is 3.89. The highest BCUT2D eigenvalue weighted by Crippen LogP contribution is 2.35. The van der Waals surface area contributed by atoms with Crippen LogP contribution in [0.4, 0.5) is 11.4 Å². The van der Waals surface area contributed by atoms with E-state index >= 15 is 0 Å². The molecule has 1 aliphatic carbocycles. The fourth-order valence-corrected chi connectivity index (χ4v) is 2.88. The summed E-state index contributed by atoms with van der Waals surface area (Å²) in [5, 5.41) is 3.61. The first-order chi connectivity index (χ1) is 10.3. The number of nitrogen functional groups attached to an aromatic ring is 1. The van der Waals surface area contributed by atoms with E-state index in [4.69, 9.17) is 10.5 Å². The van der Waals surface area contributed by atoms with Crippen molar-refractivity contribution in [2.75, 3.05) is 17.7 Å². The monoisotopic (exact) mass is 282 g/mol. The Labute approximate surface area is 126 Å². The summed E-state index contributed by atoms with van der Waals surface area (Å²) in [7, 11) is 0. The van der Waals surface area contributed by atoms with Crippen LogP contribution in [0.3, 0.4) is 0 Å². The molecule has 3 N–H and O–H groups in total. The largest absolute Gasteiger partial charge is 0.494 e. The Morgan fingerprint density at radius 1 is 1.24 bits per heavy atom. The normalized spacial score (nSPS) is 16.5. The zero-order valence-electron chi connectivity index (χ0n) is 12.4. The van der Waals surface area contributed by atoms with Crippen LogP contribution >= 0.6 is 0 Å². The van der Waals surface area contributed by atoms with Gasteiger partial charge in [0.05, 0.1) is 12.6 Å². The van der Waals surface area contributed by atoms with Gasteiger partial charge in [0, 0.05) is 17.4 Å². The van der Waals surface area contributed by atoms with Gasteiger partial charge in [-0.25, -0.2) is 0 Å². The average molecular weight is 282 g/mol. The number of aryl methyl sites for hydroxylation is 1. The molecule has 0 heterocycles. The van der Waals surface area contributed by atoms with Crippen LogP contribution in [0.1, 0.15) is 36.9 Å². The highest BCUT2D eigenvalue weighted by molar-refractivity contribution is 5.54. The minimum Gasteiger partial charge on any atom is -0.494 e. The second kappa shape index (κ2) is 6.08. The summed E-state index contributed by atoms with van der Waals surface area (Å²) in [5.74, 6) is 0.928. The zero-order chi connectivity index (χ0) is 14.7. The average Bonchev–Trinajstić information content (AvgIpc) is 2.87. The Hall–Kier alpha value is -2.16. The summed E-state index contributed by atoms with van der Waals surface area (Å²) in [4.78, 5) is 0. The smallest absolute Gasteiger partial charge is 0.121 e. The Morgan fingerprint density at radius 2 is 2.14 bits per heavy atom. The van der Waals surface area contributed by atoms with Gasteiger partial charge in [0.15, 0.2) is 0 Å². The lowest BCUT2D eigenvalue weighted by Crippen LogP contribution is -2.07. The van der Waals surface area contributed by atoms with Gasteiger partial charge >= 0.3 is 0 Å². The molecular weight excluding hydrogens is 260 g/mol. The van der Waals surface area contributed by atoms with Crippen molar-refractivity contribution in [1.29, 1.82) is 0 Å². The standard InChI is InChI=1S/C18H22N2O/c1-2-10-21-16-5-3-4-15(12-16)20-18-9-6-13-11-14(19)7-8-17(13)18/h3-5,7-8,11-12,18,20H,2,6,9-10,19H2,1H3. The van der Waals surface area contributed by atoms with Crippen molar-refractivity contribution in [3.8, 4) is 5.75 Å². The van der Waals surface area contributed by atoms with Crippen molar-refractivity contribution in [3.05, 3.63) is 53.6 Å². The maximum Gasteiger partial charge on any atom is 0.121 e. The van der Waals surface area contributed by atoms with Crippen LogP contribution in [-0.2, 0) is 6.42 Å². The molecule has 0 saturated heterocycles. The second-order valence-electron chi connectivity index (χ2n) is 5.57. The lowest BCUT2D eigenvalue weighted by molar-refractivity contribution is 0.317. The molecule has 21 heavy (non-hydrogen) atoms. The number of ether oxygens (including phenoxy) is 1. The second-order valence-corrected chi connectivity index (χ2v) is 5.57. The topological polar surface area (TPSA) is 47.3 Å². The summed E-state index contributed by atoms with van der Waals surface area (Å²) in [6.45, 7) is 2.87. The molecule has 0 spiro atoms. The third-order valence-corrected chi connectivity index (χ3v) is 3.89. The predicted octanol–water partition coefficient (Wildman–Crippen LogP) is 4.16. The first-order valence-corrected chi connectivity index (χ1v) is 7.64. The lowest BCUT2D eigenvalue weighted by atomic mass is 10.1. The van der Waals surface area contributed by atoms with E-state index in [1.165, 1.54) is 11.1 Å². The molecule has 3 rings (SSSR count). The van der Waals surface area contributed by atoms with Gasteiger partial charge in [-0.3, -0.25) is 0 Å². The highest BCUT2D eigenvalue weighted by atomic mass is 16.5. The Bertz CT molecular complexity index is 624. The molecule has 3 heteroatoms. The maximum atomic E-state index is 5.86. The van der Waals surface area contributed by atoms with Gasteiger partial charge in [0.25, 0.3) is 0 Å². The van der Waals surface area contributed by atoms with Crippen molar-refractivity contribution >= 4 is 11.4 Å². The number of hydrogen-bond acceptors (Lipinski definition) is 3. The molecule has 0 radical (unpaired) electrons. The first kappa shape index (κ1) is 13.8. The van der Waals surface area contributed by atoms with E-state index in [2.05, 4.69) is 36.5 Å². The number of benzene rings is 2. The van der Waals surface area contributed by atoms with Crippen LogP contribution in [0, 0.1) is 0 Å². The van der Waals surface area contributed by atoms with Gasteiger partial charge in [0.1, 0.15) is 5.75 Å². The zero-order valence-corrected chi connectivity index (χ0v) is 12.4. The Balaban J connectivity index is 1.73. The van der Waals surface area contributed by atoms with Crippen molar-refractivity contribution in [3.63, 3.8) is 0 Å². The molecule has 0 saturated carbocycles. The fraction of sp³-hybridized carbons (Fsp3) is 0.333. The van der Waals surface area contributed by atoms with Gasteiger partial charge in [0.2, 0.25) is 0 Å². The SMILES string of the molecule is CCCOc1cccc(NC2CCc3cc(N)ccc32)c1. The van der Waals surface area contributed by atoms with Gasteiger partial charge in [-0.2, -0.15) is 0 Å². The number of nitrogens with one attached hydrogen (secondary N) is 1. The summed E-state index contributed by atoms with van der Waals surface area (Å²) in [6.07, 6.45) is 3.22. The van der Waals surface area contributed by atoms with E-state index in [0.717, 1.165) is 43.0 Å². The van der Waals surface area contributed by atoms with Gasteiger partial charge in [-0.1, -0.05) is 19.1 Å². The Kier molecular flexibility index (Phi) is 4.00.